The molecule has 2 aromatic rings. The molecule has 0 heterocycles. The first-order valence-corrected chi connectivity index (χ1v) is 8.44. The highest BCUT2D eigenvalue weighted by Crippen LogP contribution is 2.15. The maximum atomic E-state index is 12.0. The Hall–Kier alpha value is -2.82. The third kappa shape index (κ3) is 5.35. The van der Waals surface area contributed by atoms with E-state index in [0.717, 1.165) is 23.2 Å². The molecule has 0 bridgehead atoms. The number of para-hydroxylation sites is 1. The van der Waals surface area contributed by atoms with E-state index in [1.54, 1.807) is 6.07 Å². The molecule has 0 saturated carbocycles. The monoisotopic (exact) mass is 339 g/mol. The first-order valence-electron chi connectivity index (χ1n) is 8.44. The average molecular weight is 339 g/mol. The number of rotatable bonds is 6. The van der Waals surface area contributed by atoms with Crippen LogP contribution >= 0.6 is 0 Å². The summed E-state index contributed by atoms with van der Waals surface area (Å²) >= 11 is 0. The van der Waals surface area contributed by atoms with Gasteiger partial charge in [0.25, 0.3) is 0 Å². The number of hydrogen-bond acceptors (Lipinski definition) is 3. The molecule has 0 unspecified atom stereocenters. The van der Waals surface area contributed by atoms with Gasteiger partial charge in [-0.15, -0.1) is 0 Å². The summed E-state index contributed by atoms with van der Waals surface area (Å²) in [5, 5.41) is 5.34. The van der Waals surface area contributed by atoms with Crippen molar-refractivity contribution < 1.29 is 9.59 Å². The molecule has 2 aromatic carbocycles. The second kappa shape index (κ2) is 8.87. The zero-order valence-corrected chi connectivity index (χ0v) is 15.0. The molecule has 0 aromatic heterocycles. The van der Waals surface area contributed by atoms with E-state index in [4.69, 9.17) is 0 Å². The standard InChI is InChI=1S/C20H25N3O2/c1-4-16-7-5-6-8-18(16)22-20(25)19(24)21-14-13-15-9-11-17(12-10-15)23(2)3/h5-12H,4,13-14H2,1-3H3,(H,21,24)(H,22,25). The van der Waals surface area contributed by atoms with Crippen LogP contribution in [0.1, 0.15) is 18.1 Å². The number of amides is 2. The van der Waals surface area contributed by atoms with Crippen molar-refractivity contribution in [1.29, 1.82) is 0 Å². The second-order valence-corrected chi connectivity index (χ2v) is 6.03. The van der Waals surface area contributed by atoms with Crippen LogP contribution in [0.5, 0.6) is 0 Å². The van der Waals surface area contributed by atoms with Crippen LogP contribution in [0.2, 0.25) is 0 Å². The van der Waals surface area contributed by atoms with Gasteiger partial charge in [-0.1, -0.05) is 37.3 Å². The minimum atomic E-state index is -0.635. The number of nitrogens with zero attached hydrogens (tertiary/aromatic N) is 1. The van der Waals surface area contributed by atoms with Gasteiger partial charge in [-0.05, 0) is 42.2 Å². The van der Waals surface area contributed by atoms with E-state index < -0.39 is 11.8 Å². The minimum absolute atomic E-state index is 0.420. The van der Waals surface area contributed by atoms with Crippen LogP contribution in [0.4, 0.5) is 11.4 Å². The lowest BCUT2D eigenvalue weighted by Gasteiger charge is -2.13. The highest BCUT2D eigenvalue weighted by Gasteiger charge is 2.14. The van der Waals surface area contributed by atoms with E-state index >= 15 is 0 Å². The summed E-state index contributed by atoms with van der Waals surface area (Å²) in [4.78, 5) is 26.0. The Morgan fingerprint density at radius 3 is 2.28 bits per heavy atom. The maximum absolute atomic E-state index is 12.0. The molecular weight excluding hydrogens is 314 g/mol. The highest BCUT2D eigenvalue weighted by molar-refractivity contribution is 6.39. The summed E-state index contributed by atoms with van der Waals surface area (Å²) in [6.45, 7) is 2.43. The third-order valence-electron chi connectivity index (χ3n) is 4.00. The first-order chi connectivity index (χ1) is 12.0. The molecule has 2 N–H and O–H groups in total. The zero-order chi connectivity index (χ0) is 18.2. The van der Waals surface area contributed by atoms with Gasteiger partial charge in [0.1, 0.15) is 0 Å². The Bertz CT molecular complexity index is 724. The summed E-state index contributed by atoms with van der Waals surface area (Å²) in [6.07, 6.45) is 1.47. The van der Waals surface area contributed by atoms with Crippen molar-refractivity contribution in [3.8, 4) is 0 Å². The summed E-state index contributed by atoms with van der Waals surface area (Å²) in [5.41, 5.74) is 3.93. The molecule has 0 saturated heterocycles. The Morgan fingerprint density at radius 1 is 0.960 bits per heavy atom. The fourth-order valence-electron chi connectivity index (χ4n) is 2.49. The van der Waals surface area contributed by atoms with E-state index in [0.29, 0.717) is 18.7 Å². The fourth-order valence-corrected chi connectivity index (χ4v) is 2.49. The molecule has 25 heavy (non-hydrogen) atoms. The highest BCUT2D eigenvalue weighted by atomic mass is 16.2. The second-order valence-electron chi connectivity index (χ2n) is 6.03. The molecule has 2 amide bonds. The molecule has 0 spiro atoms. The van der Waals surface area contributed by atoms with Crippen molar-refractivity contribution in [2.24, 2.45) is 0 Å². The summed E-state index contributed by atoms with van der Waals surface area (Å²) in [6, 6.07) is 15.6. The predicted octanol–water partition coefficient (Wildman–Crippen LogP) is 2.61. The molecular formula is C20H25N3O2. The van der Waals surface area contributed by atoms with E-state index in [2.05, 4.69) is 10.6 Å². The van der Waals surface area contributed by atoms with E-state index in [1.807, 2.05) is 68.4 Å². The normalized spacial score (nSPS) is 10.2. The van der Waals surface area contributed by atoms with Gasteiger partial charge in [0.05, 0.1) is 0 Å². The van der Waals surface area contributed by atoms with Crippen molar-refractivity contribution in [3.05, 3.63) is 59.7 Å². The predicted molar refractivity (Wildman–Crippen MR) is 102 cm³/mol. The molecule has 0 fully saturated rings. The number of nitrogens with one attached hydrogen (secondary N) is 2. The van der Waals surface area contributed by atoms with Crippen molar-refractivity contribution in [1.82, 2.24) is 5.32 Å². The molecule has 5 nitrogen and oxygen atoms in total. The van der Waals surface area contributed by atoms with Crippen LogP contribution < -0.4 is 15.5 Å². The van der Waals surface area contributed by atoms with Gasteiger partial charge in [-0.2, -0.15) is 0 Å². The Balaban J connectivity index is 1.82. The molecule has 0 aliphatic heterocycles. The number of carbonyl (C=O) groups is 2. The largest absolute Gasteiger partial charge is 0.378 e. The fraction of sp³-hybridized carbons (Fsp3) is 0.300. The minimum Gasteiger partial charge on any atom is -0.378 e. The molecule has 0 aliphatic carbocycles. The van der Waals surface area contributed by atoms with E-state index in [1.165, 1.54) is 0 Å². The zero-order valence-electron chi connectivity index (χ0n) is 15.0. The molecule has 0 radical (unpaired) electrons. The van der Waals surface area contributed by atoms with Crippen LogP contribution in [-0.4, -0.2) is 32.5 Å². The molecule has 5 heteroatoms. The van der Waals surface area contributed by atoms with E-state index in [9.17, 15) is 9.59 Å². The number of hydrogen-bond donors (Lipinski definition) is 2. The van der Waals surface area contributed by atoms with Gasteiger partial charge in [-0.25, -0.2) is 0 Å². The van der Waals surface area contributed by atoms with Crippen LogP contribution in [0.15, 0.2) is 48.5 Å². The summed E-state index contributed by atoms with van der Waals surface area (Å²) in [7, 11) is 3.98. The van der Waals surface area contributed by atoms with Gasteiger partial charge in [-0.3, -0.25) is 9.59 Å². The number of aryl methyl sites for hydroxylation is 1. The third-order valence-corrected chi connectivity index (χ3v) is 4.00. The topological polar surface area (TPSA) is 61.4 Å². The van der Waals surface area contributed by atoms with Gasteiger partial charge < -0.3 is 15.5 Å². The Labute approximate surface area is 149 Å². The lowest BCUT2D eigenvalue weighted by atomic mass is 10.1. The van der Waals surface area contributed by atoms with Crippen molar-refractivity contribution in [2.45, 2.75) is 19.8 Å². The SMILES string of the molecule is CCc1ccccc1NC(=O)C(=O)NCCc1ccc(N(C)C)cc1. The maximum Gasteiger partial charge on any atom is 0.313 e. The molecule has 132 valence electrons. The molecule has 0 atom stereocenters. The number of benzene rings is 2. The number of carbonyl (C=O) groups excluding carboxylic acids is 2. The van der Waals surface area contributed by atoms with Crippen molar-refractivity contribution >= 4 is 23.2 Å². The Kier molecular flexibility index (Phi) is 6.57. The van der Waals surface area contributed by atoms with Crippen molar-refractivity contribution in [2.75, 3.05) is 30.9 Å². The number of anilines is 2. The Morgan fingerprint density at radius 2 is 1.64 bits per heavy atom. The first kappa shape index (κ1) is 18.5. The lowest BCUT2D eigenvalue weighted by molar-refractivity contribution is -0.136. The molecule has 2 rings (SSSR count). The summed E-state index contributed by atoms with van der Waals surface area (Å²) in [5.74, 6) is -1.25. The van der Waals surface area contributed by atoms with Gasteiger partial charge >= 0.3 is 11.8 Å². The lowest BCUT2D eigenvalue weighted by Crippen LogP contribution is -2.36. The van der Waals surface area contributed by atoms with Crippen LogP contribution in [0.3, 0.4) is 0 Å². The van der Waals surface area contributed by atoms with Gasteiger partial charge in [0, 0.05) is 32.0 Å². The van der Waals surface area contributed by atoms with Gasteiger partial charge in [0.15, 0.2) is 0 Å². The quantitative estimate of drug-likeness (QED) is 0.795. The summed E-state index contributed by atoms with van der Waals surface area (Å²) < 4.78 is 0. The van der Waals surface area contributed by atoms with Crippen LogP contribution in [-0.2, 0) is 22.4 Å². The molecule has 0 aliphatic rings. The van der Waals surface area contributed by atoms with E-state index in [-0.39, 0.29) is 0 Å². The van der Waals surface area contributed by atoms with Crippen LogP contribution in [0, 0.1) is 0 Å². The van der Waals surface area contributed by atoms with Crippen LogP contribution in [0.25, 0.3) is 0 Å². The van der Waals surface area contributed by atoms with Gasteiger partial charge in [0.2, 0.25) is 0 Å². The van der Waals surface area contributed by atoms with Crippen molar-refractivity contribution in [3.63, 3.8) is 0 Å². The average Bonchev–Trinajstić information content (AvgIpc) is 2.62. The smallest absolute Gasteiger partial charge is 0.313 e.